The van der Waals surface area contributed by atoms with Crippen LogP contribution >= 0.6 is 11.3 Å². The van der Waals surface area contributed by atoms with E-state index in [1.54, 1.807) is 18.4 Å². The van der Waals surface area contributed by atoms with Crippen molar-refractivity contribution in [3.63, 3.8) is 0 Å². The molecule has 3 heteroatoms. The van der Waals surface area contributed by atoms with Crippen LogP contribution in [0.15, 0.2) is 53.9 Å². The van der Waals surface area contributed by atoms with E-state index in [0.29, 0.717) is 0 Å². The maximum Gasteiger partial charge on any atom is 0.119 e. The molecule has 102 valence electrons. The van der Waals surface area contributed by atoms with Gasteiger partial charge in [-0.25, -0.2) is 0 Å². The summed E-state index contributed by atoms with van der Waals surface area (Å²) in [6.45, 7) is 0. The van der Waals surface area contributed by atoms with E-state index in [4.69, 9.17) is 10.5 Å². The molecule has 0 saturated carbocycles. The molecule has 1 unspecified atom stereocenters. The Bertz CT molecular complexity index is 706. The Morgan fingerprint density at radius 3 is 2.80 bits per heavy atom. The molecule has 0 amide bonds. The number of rotatable bonds is 4. The highest BCUT2D eigenvalue weighted by Crippen LogP contribution is 2.28. The summed E-state index contributed by atoms with van der Waals surface area (Å²) < 4.78 is 5.33. The average molecular weight is 283 g/mol. The second-order valence-electron chi connectivity index (χ2n) is 4.83. The van der Waals surface area contributed by atoms with Gasteiger partial charge in [-0.2, -0.15) is 0 Å². The lowest BCUT2D eigenvalue weighted by Gasteiger charge is -2.13. The van der Waals surface area contributed by atoms with Crippen molar-refractivity contribution in [1.29, 1.82) is 0 Å². The molecular weight excluding hydrogens is 266 g/mol. The van der Waals surface area contributed by atoms with Gasteiger partial charge in [0.1, 0.15) is 5.75 Å². The van der Waals surface area contributed by atoms with E-state index in [1.807, 2.05) is 12.1 Å². The summed E-state index contributed by atoms with van der Waals surface area (Å²) >= 11 is 1.71. The topological polar surface area (TPSA) is 35.2 Å². The molecule has 3 aromatic rings. The Kier molecular flexibility index (Phi) is 3.72. The van der Waals surface area contributed by atoms with Gasteiger partial charge in [0.15, 0.2) is 0 Å². The SMILES string of the molecule is COc1ccc2cccc(CC(N)c3cccs3)c2c1. The Labute approximate surface area is 122 Å². The maximum absolute atomic E-state index is 6.31. The molecular formula is C17H17NOS. The molecule has 0 bridgehead atoms. The van der Waals surface area contributed by atoms with E-state index in [2.05, 4.69) is 41.8 Å². The zero-order chi connectivity index (χ0) is 13.9. The lowest BCUT2D eigenvalue weighted by atomic mass is 9.98. The molecule has 2 aromatic carbocycles. The lowest BCUT2D eigenvalue weighted by molar-refractivity contribution is 0.415. The molecule has 1 heterocycles. The first-order chi connectivity index (χ1) is 9.78. The molecule has 0 aliphatic rings. The molecule has 0 saturated heterocycles. The van der Waals surface area contributed by atoms with Crippen LogP contribution in [-0.4, -0.2) is 7.11 Å². The summed E-state index contributed by atoms with van der Waals surface area (Å²) in [6.07, 6.45) is 0.838. The van der Waals surface area contributed by atoms with E-state index >= 15 is 0 Å². The molecule has 20 heavy (non-hydrogen) atoms. The Hall–Kier alpha value is -1.84. The number of ether oxygens (including phenoxy) is 1. The first-order valence-corrected chi connectivity index (χ1v) is 7.50. The van der Waals surface area contributed by atoms with Crippen molar-refractivity contribution < 1.29 is 4.74 Å². The third-order valence-corrected chi connectivity index (χ3v) is 4.53. The van der Waals surface area contributed by atoms with Crippen LogP contribution in [0.2, 0.25) is 0 Å². The molecule has 0 spiro atoms. The van der Waals surface area contributed by atoms with E-state index in [9.17, 15) is 0 Å². The Morgan fingerprint density at radius 2 is 2.05 bits per heavy atom. The Balaban J connectivity index is 1.98. The van der Waals surface area contributed by atoms with E-state index in [-0.39, 0.29) is 6.04 Å². The number of fused-ring (bicyclic) bond motifs is 1. The van der Waals surface area contributed by atoms with Crippen molar-refractivity contribution in [3.8, 4) is 5.75 Å². The largest absolute Gasteiger partial charge is 0.497 e. The maximum atomic E-state index is 6.31. The zero-order valence-corrected chi connectivity index (χ0v) is 12.2. The minimum atomic E-state index is 0.0480. The van der Waals surface area contributed by atoms with Crippen molar-refractivity contribution in [2.45, 2.75) is 12.5 Å². The first kappa shape index (κ1) is 13.2. The van der Waals surface area contributed by atoms with Crippen LogP contribution in [0.4, 0.5) is 0 Å². The van der Waals surface area contributed by atoms with E-state index in [1.165, 1.54) is 21.2 Å². The second-order valence-corrected chi connectivity index (χ2v) is 5.81. The van der Waals surface area contributed by atoms with Crippen molar-refractivity contribution in [2.24, 2.45) is 5.73 Å². The minimum absolute atomic E-state index is 0.0480. The third-order valence-electron chi connectivity index (χ3n) is 3.53. The normalized spacial score (nSPS) is 12.5. The van der Waals surface area contributed by atoms with E-state index < -0.39 is 0 Å². The number of methoxy groups -OCH3 is 1. The standard InChI is InChI=1S/C17H17NOS/c1-19-14-8-7-12-4-2-5-13(15(12)11-14)10-16(18)17-6-3-9-20-17/h2-9,11,16H,10,18H2,1H3. The molecule has 0 fully saturated rings. The predicted octanol–water partition coefficient (Wildman–Crippen LogP) is 4.15. The fourth-order valence-corrected chi connectivity index (χ4v) is 3.19. The monoisotopic (exact) mass is 283 g/mol. The average Bonchev–Trinajstić information content (AvgIpc) is 3.01. The van der Waals surface area contributed by atoms with Crippen LogP contribution in [-0.2, 0) is 6.42 Å². The quantitative estimate of drug-likeness (QED) is 0.780. The number of benzene rings is 2. The smallest absolute Gasteiger partial charge is 0.119 e. The molecule has 3 rings (SSSR count). The van der Waals surface area contributed by atoms with Gasteiger partial charge in [-0.05, 0) is 46.3 Å². The summed E-state index contributed by atoms with van der Waals surface area (Å²) in [7, 11) is 1.70. The van der Waals surface area contributed by atoms with Gasteiger partial charge in [0.05, 0.1) is 7.11 Å². The molecule has 0 aliphatic carbocycles. The van der Waals surface area contributed by atoms with Gasteiger partial charge in [-0.15, -0.1) is 11.3 Å². The van der Waals surface area contributed by atoms with Gasteiger partial charge in [-0.3, -0.25) is 0 Å². The summed E-state index contributed by atoms with van der Waals surface area (Å²) in [5.74, 6) is 0.884. The highest BCUT2D eigenvalue weighted by Gasteiger charge is 2.10. The molecule has 1 aromatic heterocycles. The number of hydrogen-bond acceptors (Lipinski definition) is 3. The zero-order valence-electron chi connectivity index (χ0n) is 11.4. The highest BCUT2D eigenvalue weighted by molar-refractivity contribution is 7.10. The first-order valence-electron chi connectivity index (χ1n) is 6.62. The molecule has 2 nitrogen and oxygen atoms in total. The van der Waals surface area contributed by atoms with Crippen molar-refractivity contribution >= 4 is 22.1 Å². The summed E-state index contributed by atoms with van der Waals surface area (Å²) in [4.78, 5) is 1.23. The summed E-state index contributed by atoms with van der Waals surface area (Å²) in [5.41, 5.74) is 7.58. The molecule has 0 radical (unpaired) electrons. The molecule has 2 N–H and O–H groups in total. The van der Waals surface area contributed by atoms with Crippen LogP contribution in [0.1, 0.15) is 16.5 Å². The fourth-order valence-electron chi connectivity index (χ4n) is 2.46. The predicted molar refractivity (Wildman–Crippen MR) is 85.5 cm³/mol. The Morgan fingerprint density at radius 1 is 1.15 bits per heavy atom. The summed E-state index contributed by atoms with van der Waals surface area (Å²) in [6, 6.07) is 16.7. The van der Waals surface area contributed by atoms with Gasteiger partial charge in [-0.1, -0.05) is 30.3 Å². The van der Waals surface area contributed by atoms with Crippen LogP contribution in [0.3, 0.4) is 0 Å². The van der Waals surface area contributed by atoms with E-state index in [0.717, 1.165) is 12.2 Å². The van der Waals surface area contributed by atoms with Gasteiger partial charge in [0.25, 0.3) is 0 Å². The number of nitrogens with two attached hydrogens (primary N) is 1. The van der Waals surface area contributed by atoms with Crippen LogP contribution in [0, 0.1) is 0 Å². The van der Waals surface area contributed by atoms with Crippen LogP contribution in [0.5, 0.6) is 5.75 Å². The minimum Gasteiger partial charge on any atom is -0.497 e. The van der Waals surface area contributed by atoms with Gasteiger partial charge in [0.2, 0.25) is 0 Å². The van der Waals surface area contributed by atoms with Crippen molar-refractivity contribution in [1.82, 2.24) is 0 Å². The van der Waals surface area contributed by atoms with Gasteiger partial charge < -0.3 is 10.5 Å². The number of hydrogen-bond donors (Lipinski definition) is 1. The van der Waals surface area contributed by atoms with Crippen molar-refractivity contribution in [3.05, 3.63) is 64.4 Å². The highest BCUT2D eigenvalue weighted by atomic mass is 32.1. The number of thiophene rings is 1. The fraction of sp³-hybridized carbons (Fsp3) is 0.176. The second kappa shape index (κ2) is 5.65. The van der Waals surface area contributed by atoms with Crippen LogP contribution < -0.4 is 10.5 Å². The van der Waals surface area contributed by atoms with Crippen molar-refractivity contribution in [2.75, 3.05) is 7.11 Å². The third kappa shape index (κ3) is 2.55. The molecule has 1 atom stereocenters. The van der Waals surface area contributed by atoms with Gasteiger partial charge >= 0.3 is 0 Å². The summed E-state index contributed by atoms with van der Waals surface area (Å²) in [5, 5.41) is 4.52. The lowest BCUT2D eigenvalue weighted by Crippen LogP contribution is -2.11. The van der Waals surface area contributed by atoms with Crippen LogP contribution in [0.25, 0.3) is 10.8 Å². The molecule has 0 aliphatic heterocycles. The van der Waals surface area contributed by atoms with Gasteiger partial charge in [0, 0.05) is 10.9 Å².